The van der Waals surface area contributed by atoms with E-state index in [-0.39, 0.29) is 5.91 Å². The Kier molecular flexibility index (Phi) is 6.77. The van der Waals surface area contributed by atoms with Crippen molar-refractivity contribution in [1.82, 2.24) is 10.2 Å². The maximum Gasteiger partial charge on any atom is 0.221 e. The van der Waals surface area contributed by atoms with Crippen molar-refractivity contribution in [3.8, 4) is 0 Å². The van der Waals surface area contributed by atoms with Gasteiger partial charge in [0.1, 0.15) is 0 Å². The number of hydrogen-bond acceptors (Lipinski definition) is 5. The molecule has 0 bridgehead atoms. The Morgan fingerprint density at radius 2 is 2.00 bits per heavy atom. The second-order valence-electron chi connectivity index (χ2n) is 6.38. The molecule has 1 amide bonds. The summed E-state index contributed by atoms with van der Waals surface area (Å²) in [6.45, 7) is 2.76. The van der Waals surface area contributed by atoms with Crippen molar-refractivity contribution >= 4 is 15.7 Å². The Morgan fingerprint density at radius 3 is 2.62 bits per heavy atom. The molecule has 1 aromatic carbocycles. The van der Waals surface area contributed by atoms with Crippen molar-refractivity contribution < 1.29 is 13.2 Å². The summed E-state index contributed by atoms with van der Waals surface area (Å²) in [6.07, 6.45) is 4.95. The average Bonchev–Trinajstić information content (AvgIpc) is 2.54. The summed E-state index contributed by atoms with van der Waals surface area (Å²) >= 11 is 0. The quantitative estimate of drug-likeness (QED) is 0.760. The molecule has 1 heterocycles. The van der Waals surface area contributed by atoms with Crippen LogP contribution in [-0.4, -0.2) is 51.2 Å². The summed E-state index contributed by atoms with van der Waals surface area (Å²) in [5.74, 6) is 0.000490. The number of nitrogens with two attached hydrogens (primary N) is 1. The van der Waals surface area contributed by atoms with Crippen LogP contribution in [0.4, 0.5) is 0 Å². The minimum atomic E-state index is -3.16. The zero-order valence-corrected chi connectivity index (χ0v) is 15.0. The molecule has 1 aliphatic rings. The van der Waals surface area contributed by atoms with Gasteiger partial charge in [-0.05, 0) is 37.1 Å². The zero-order chi connectivity index (χ0) is 17.6. The third kappa shape index (κ3) is 5.58. The molecule has 3 N–H and O–H groups in total. The Labute approximate surface area is 144 Å². The number of benzene rings is 1. The van der Waals surface area contributed by atoms with Crippen molar-refractivity contribution in [2.75, 3.05) is 25.9 Å². The molecule has 0 saturated carbocycles. The monoisotopic (exact) mass is 353 g/mol. The van der Waals surface area contributed by atoms with Crippen molar-refractivity contribution in [2.24, 2.45) is 5.73 Å². The first-order valence-corrected chi connectivity index (χ1v) is 10.3. The molecule has 2 rings (SSSR count). The first kappa shape index (κ1) is 18.9. The van der Waals surface area contributed by atoms with Crippen LogP contribution >= 0.6 is 0 Å². The molecular weight excluding hydrogens is 326 g/mol. The van der Waals surface area contributed by atoms with Crippen molar-refractivity contribution in [3.63, 3.8) is 0 Å². The van der Waals surface area contributed by atoms with E-state index < -0.39 is 9.84 Å². The molecule has 0 radical (unpaired) electrons. The van der Waals surface area contributed by atoms with Gasteiger partial charge < -0.3 is 11.1 Å². The molecule has 24 heavy (non-hydrogen) atoms. The van der Waals surface area contributed by atoms with E-state index in [2.05, 4.69) is 10.2 Å². The standard InChI is InChI=1S/C17H27N3O3S/c1-24(22,23)16-7-5-14(6-8-16)13-20-11-3-2-4-15(20)12-19-17(21)9-10-18/h5-8,15H,2-4,9-13,18H2,1H3,(H,19,21). The number of rotatable bonds is 7. The fraction of sp³-hybridized carbons (Fsp3) is 0.588. The van der Waals surface area contributed by atoms with E-state index in [1.54, 1.807) is 12.1 Å². The van der Waals surface area contributed by atoms with Gasteiger partial charge in [-0.25, -0.2) is 8.42 Å². The van der Waals surface area contributed by atoms with Gasteiger partial charge in [-0.3, -0.25) is 9.69 Å². The second-order valence-corrected chi connectivity index (χ2v) is 8.39. The highest BCUT2D eigenvalue weighted by atomic mass is 32.2. The number of carbonyl (C=O) groups excluding carboxylic acids is 1. The van der Waals surface area contributed by atoms with Gasteiger partial charge in [-0.2, -0.15) is 0 Å². The number of nitrogens with zero attached hydrogens (tertiary/aromatic N) is 1. The van der Waals surface area contributed by atoms with E-state index in [0.29, 0.717) is 30.4 Å². The van der Waals surface area contributed by atoms with Gasteiger partial charge in [0.15, 0.2) is 9.84 Å². The third-order valence-electron chi connectivity index (χ3n) is 4.39. The molecule has 134 valence electrons. The van der Waals surface area contributed by atoms with Gasteiger partial charge in [-0.1, -0.05) is 18.6 Å². The molecule has 1 aromatic rings. The second kappa shape index (κ2) is 8.60. The van der Waals surface area contributed by atoms with Gasteiger partial charge in [-0.15, -0.1) is 0 Å². The Bertz CT molecular complexity index is 644. The summed E-state index contributed by atoms with van der Waals surface area (Å²) in [5.41, 5.74) is 6.48. The number of amides is 1. The molecule has 6 nitrogen and oxygen atoms in total. The Morgan fingerprint density at radius 1 is 1.29 bits per heavy atom. The SMILES string of the molecule is CS(=O)(=O)c1ccc(CN2CCCCC2CNC(=O)CCN)cc1. The van der Waals surface area contributed by atoms with Crippen LogP contribution in [0.1, 0.15) is 31.2 Å². The predicted molar refractivity (Wildman–Crippen MR) is 94.3 cm³/mol. The smallest absolute Gasteiger partial charge is 0.221 e. The van der Waals surface area contributed by atoms with E-state index in [1.807, 2.05) is 12.1 Å². The molecule has 0 aliphatic carbocycles. The van der Waals surface area contributed by atoms with E-state index in [9.17, 15) is 13.2 Å². The molecule has 1 fully saturated rings. The molecule has 1 aliphatic heterocycles. The van der Waals surface area contributed by atoms with Crippen LogP contribution in [0.15, 0.2) is 29.2 Å². The lowest BCUT2D eigenvalue weighted by Gasteiger charge is -2.36. The molecule has 1 saturated heterocycles. The highest BCUT2D eigenvalue weighted by Gasteiger charge is 2.23. The van der Waals surface area contributed by atoms with Crippen molar-refractivity contribution in [3.05, 3.63) is 29.8 Å². The fourth-order valence-electron chi connectivity index (χ4n) is 3.03. The molecule has 7 heteroatoms. The van der Waals surface area contributed by atoms with Crippen LogP contribution in [0.25, 0.3) is 0 Å². The molecule has 0 aromatic heterocycles. The predicted octanol–water partition coefficient (Wildman–Crippen LogP) is 0.910. The molecule has 1 unspecified atom stereocenters. The number of nitrogens with one attached hydrogen (secondary N) is 1. The van der Waals surface area contributed by atoms with Crippen molar-refractivity contribution in [1.29, 1.82) is 0 Å². The lowest BCUT2D eigenvalue weighted by atomic mass is 10.0. The van der Waals surface area contributed by atoms with Crippen LogP contribution in [0.5, 0.6) is 0 Å². The first-order valence-electron chi connectivity index (χ1n) is 8.40. The summed E-state index contributed by atoms with van der Waals surface area (Å²) in [4.78, 5) is 14.3. The maximum atomic E-state index is 11.6. The maximum absolute atomic E-state index is 11.6. The van der Waals surface area contributed by atoms with E-state index >= 15 is 0 Å². The minimum Gasteiger partial charge on any atom is -0.354 e. The average molecular weight is 353 g/mol. The van der Waals surface area contributed by atoms with Crippen LogP contribution in [0.3, 0.4) is 0 Å². The van der Waals surface area contributed by atoms with Crippen LogP contribution in [0.2, 0.25) is 0 Å². The summed E-state index contributed by atoms with van der Waals surface area (Å²) < 4.78 is 23.1. The summed E-state index contributed by atoms with van der Waals surface area (Å²) in [7, 11) is -3.16. The third-order valence-corrected chi connectivity index (χ3v) is 5.52. The van der Waals surface area contributed by atoms with Gasteiger partial charge in [0.25, 0.3) is 0 Å². The van der Waals surface area contributed by atoms with Gasteiger partial charge in [0, 0.05) is 38.4 Å². The largest absolute Gasteiger partial charge is 0.354 e. The summed E-state index contributed by atoms with van der Waals surface area (Å²) in [6, 6.07) is 7.37. The molecule has 0 spiro atoms. The van der Waals surface area contributed by atoms with Gasteiger partial charge >= 0.3 is 0 Å². The topological polar surface area (TPSA) is 92.5 Å². The van der Waals surface area contributed by atoms with E-state index in [4.69, 9.17) is 5.73 Å². The minimum absolute atomic E-state index is 0.000490. The van der Waals surface area contributed by atoms with E-state index in [0.717, 1.165) is 31.5 Å². The van der Waals surface area contributed by atoms with Gasteiger partial charge in [0.05, 0.1) is 4.90 Å². The number of sulfone groups is 1. The van der Waals surface area contributed by atoms with Gasteiger partial charge in [0.2, 0.25) is 5.91 Å². The fourth-order valence-corrected chi connectivity index (χ4v) is 3.66. The first-order chi connectivity index (χ1) is 11.4. The molecule has 1 atom stereocenters. The number of hydrogen-bond donors (Lipinski definition) is 2. The van der Waals surface area contributed by atoms with Crippen LogP contribution < -0.4 is 11.1 Å². The van der Waals surface area contributed by atoms with Crippen LogP contribution in [-0.2, 0) is 21.2 Å². The normalized spacial score (nSPS) is 19.2. The number of carbonyl (C=O) groups is 1. The highest BCUT2D eigenvalue weighted by molar-refractivity contribution is 7.90. The molecular formula is C17H27N3O3S. The lowest BCUT2D eigenvalue weighted by Crippen LogP contribution is -2.46. The van der Waals surface area contributed by atoms with Crippen molar-refractivity contribution in [2.45, 2.75) is 43.2 Å². The lowest BCUT2D eigenvalue weighted by molar-refractivity contribution is -0.121. The zero-order valence-electron chi connectivity index (χ0n) is 14.2. The highest BCUT2D eigenvalue weighted by Crippen LogP contribution is 2.20. The number of piperidine rings is 1. The summed E-state index contributed by atoms with van der Waals surface area (Å²) in [5, 5.41) is 2.96. The van der Waals surface area contributed by atoms with E-state index in [1.165, 1.54) is 12.7 Å². The Hall–Kier alpha value is -1.44. The Balaban J connectivity index is 1.96. The number of likely N-dealkylation sites (tertiary alicyclic amines) is 1. The van der Waals surface area contributed by atoms with Crippen LogP contribution in [0, 0.1) is 0 Å².